The predicted octanol–water partition coefficient (Wildman–Crippen LogP) is 3.97. The van der Waals surface area contributed by atoms with Crippen LogP contribution in [-0.2, 0) is 4.79 Å². The lowest BCUT2D eigenvalue weighted by Gasteiger charge is -2.27. The Kier molecular flexibility index (Phi) is 5.50. The fraction of sp³-hybridized carbons (Fsp3) is 0.231. The van der Waals surface area contributed by atoms with E-state index in [0.717, 1.165) is 41.5 Å². The third-order valence-electron chi connectivity index (χ3n) is 5.90. The van der Waals surface area contributed by atoms with Crippen molar-refractivity contribution in [3.05, 3.63) is 84.4 Å². The third-order valence-corrected chi connectivity index (χ3v) is 5.90. The maximum Gasteiger partial charge on any atom is 0.281 e. The molecule has 5 heteroatoms. The normalized spacial score (nSPS) is 17.7. The van der Waals surface area contributed by atoms with Gasteiger partial charge in [0, 0.05) is 5.56 Å². The van der Waals surface area contributed by atoms with Gasteiger partial charge in [-0.1, -0.05) is 36.4 Å². The molecule has 2 heterocycles. The topological polar surface area (TPSA) is 46.3 Å². The van der Waals surface area contributed by atoms with Crippen LogP contribution in [0.4, 0.5) is 11.4 Å². The Morgan fingerprint density at radius 2 is 1.48 bits per heavy atom. The van der Waals surface area contributed by atoms with E-state index in [-0.39, 0.29) is 5.91 Å². The van der Waals surface area contributed by atoms with Crippen LogP contribution in [0.1, 0.15) is 24.8 Å². The van der Waals surface area contributed by atoms with Crippen LogP contribution < -0.4 is 14.5 Å². The first-order chi connectivity index (χ1) is 15.3. The van der Waals surface area contributed by atoms with E-state index in [4.69, 9.17) is 9.73 Å². The van der Waals surface area contributed by atoms with Gasteiger partial charge >= 0.3 is 0 Å². The second-order valence-electron chi connectivity index (χ2n) is 8.09. The van der Waals surface area contributed by atoms with E-state index in [9.17, 15) is 4.79 Å². The molecule has 0 aliphatic carbocycles. The summed E-state index contributed by atoms with van der Waals surface area (Å²) >= 11 is 0. The average molecular weight is 413 g/mol. The van der Waals surface area contributed by atoms with Crippen molar-refractivity contribution in [1.29, 1.82) is 0 Å². The third kappa shape index (κ3) is 4.23. The molecule has 2 aliphatic rings. The number of piperidine rings is 1. The van der Waals surface area contributed by atoms with Crippen LogP contribution in [0.25, 0.3) is 0 Å². The zero-order valence-electron chi connectivity index (χ0n) is 17.5. The molecule has 0 atom stereocenters. The van der Waals surface area contributed by atoms with Gasteiger partial charge in [0.25, 0.3) is 5.91 Å². The second-order valence-corrected chi connectivity index (χ2v) is 8.09. The van der Waals surface area contributed by atoms with E-state index in [2.05, 4.69) is 0 Å². The van der Waals surface area contributed by atoms with Crippen molar-refractivity contribution in [2.75, 3.05) is 24.7 Å². The van der Waals surface area contributed by atoms with Gasteiger partial charge in [0.05, 0.1) is 24.5 Å². The van der Waals surface area contributed by atoms with Crippen LogP contribution in [0.5, 0.6) is 11.5 Å². The van der Waals surface area contributed by atoms with Crippen LogP contribution in [0.2, 0.25) is 0 Å². The van der Waals surface area contributed by atoms with Gasteiger partial charge in [-0.05, 0) is 61.7 Å². The number of amides is 1. The summed E-state index contributed by atoms with van der Waals surface area (Å²) in [4.78, 5) is 21.4. The van der Waals surface area contributed by atoms with Gasteiger partial charge in [-0.2, -0.15) is 0 Å². The van der Waals surface area contributed by atoms with Gasteiger partial charge in [0.1, 0.15) is 17.2 Å². The maximum atomic E-state index is 13.3. The smallest absolute Gasteiger partial charge is 0.281 e. The van der Waals surface area contributed by atoms with E-state index in [1.165, 1.54) is 24.2 Å². The predicted molar refractivity (Wildman–Crippen MR) is 122 cm³/mol. The van der Waals surface area contributed by atoms with Crippen molar-refractivity contribution in [3.63, 3.8) is 0 Å². The van der Waals surface area contributed by atoms with Crippen LogP contribution in [0, 0.1) is 0 Å². The van der Waals surface area contributed by atoms with Crippen LogP contribution in [0.15, 0.2) is 83.9 Å². The second kappa shape index (κ2) is 8.74. The molecule has 1 N–H and O–H groups in total. The van der Waals surface area contributed by atoms with Crippen molar-refractivity contribution < 1.29 is 14.4 Å². The highest BCUT2D eigenvalue weighted by molar-refractivity contribution is 6.54. The number of ether oxygens (including phenoxy) is 1. The van der Waals surface area contributed by atoms with Crippen molar-refractivity contribution >= 4 is 23.0 Å². The summed E-state index contributed by atoms with van der Waals surface area (Å²) in [5.74, 6) is 1.52. The van der Waals surface area contributed by atoms with E-state index in [0.29, 0.717) is 12.4 Å². The molecule has 3 aromatic rings. The maximum absolute atomic E-state index is 13.3. The molecule has 5 nitrogen and oxygen atoms in total. The fourth-order valence-electron chi connectivity index (χ4n) is 4.30. The molecule has 0 radical (unpaired) electrons. The quantitative estimate of drug-likeness (QED) is 0.689. The molecule has 156 valence electrons. The Morgan fingerprint density at radius 1 is 0.806 bits per heavy atom. The molecule has 3 aromatic carbocycles. The highest BCUT2D eigenvalue weighted by atomic mass is 16.5. The standard InChI is InChI=1S/C26H25N3O2/c30-26-25(27-20-13-15-22(16-14-20)31-21-9-3-1-4-10-21)23-11-5-6-12-24(23)29(26)19-28-17-7-2-8-18-28/h1,3-6,9-16H,2,7-8,17-19H2/p+1. The minimum Gasteiger partial charge on any atom is -0.457 e. The van der Waals surface area contributed by atoms with Crippen molar-refractivity contribution in [2.24, 2.45) is 4.99 Å². The number of quaternary nitrogens is 1. The molecular weight excluding hydrogens is 386 g/mol. The van der Waals surface area contributed by atoms with Gasteiger partial charge in [0.2, 0.25) is 0 Å². The summed E-state index contributed by atoms with van der Waals surface area (Å²) in [5.41, 5.74) is 3.14. The Labute approximate surface area is 182 Å². The zero-order chi connectivity index (χ0) is 21.0. The summed E-state index contributed by atoms with van der Waals surface area (Å²) in [7, 11) is 0. The molecule has 0 spiro atoms. The first kappa shape index (κ1) is 19.5. The monoisotopic (exact) mass is 412 g/mol. The van der Waals surface area contributed by atoms with Crippen LogP contribution in [0.3, 0.4) is 0 Å². The van der Waals surface area contributed by atoms with Crippen LogP contribution in [-0.4, -0.2) is 31.4 Å². The largest absolute Gasteiger partial charge is 0.457 e. The van der Waals surface area contributed by atoms with Crippen molar-refractivity contribution in [2.45, 2.75) is 19.3 Å². The number of nitrogens with one attached hydrogen (secondary N) is 1. The van der Waals surface area contributed by atoms with E-state index in [1.807, 2.05) is 83.8 Å². The van der Waals surface area contributed by atoms with Gasteiger partial charge in [0.15, 0.2) is 6.67 Å². The number of nitrogens with zero attached hydrogens (tertiary/aromatic N) is 2. The zero-order valence-corrected chi connectivity index (χ0v) is 17.5. The number of aliphatic imine (C=N–C) groups is 1. The van der Waals surface area contributed by atoms with Crippen molar-refractivity contribution in [3.8, 4) is 11.5 Å². The number of fused-ring (bicyclic) bond motifs is 1. The number of anilines is 1. The Morgan fingerprint density at radius 3 is 2.26 bits per heavy atom. The lowest BCUT2D eigenvalue weighted by atomic mass is 10.1. The number of carbonyl (C=O) groups excluding carboxylic acids is 1. The lowest BCUT2D eigenvalue weighted by molar-refractivity contribution is -0.903. The average Bonchev–Trinajstić information content (AvgIpc) is 3.08. The molecule has 2 aliphatic heterocycles. The number of hydrogen-bond donors (Lipinski definition) is 1. The molecule has 0 bridgehead atoms. The van der Waals surface area contributed by atoms with E-state index < -0.39 is 0 Å². The first-order valence-corrected chi connectivity index (χ1v) is 10.9. The SMILES string of the molecule is O=C1C(=Nc2ccc(Oc3ccccc3)cc2)c2ccccc2N1C[NH+]1CCCCC1. The lowest BCUT2D eigenvalue weighted by Crippen LogP contribution is -3.14. The Bertz CT molecular complexity index is 1090. The summed E-state index contributed by atoms with van der Waals surface area (Å²) in [6.45, 7) is 2.96. The van der Waals surface area contributed by atoms with Crippen molar-refractivity contribution in [1.82, 2.24) is 0 Å². The van der Waals surface area contributed by atoms with Crippen LogP contribution >= 0.6 is 0 Å². The molecule has 1 fully saturated rings. The Balaban J connectivity index is 1.38. The highest BCUT2D eigenvalue weighted by Gasteiger charge is 2.36. The highest BCUT2D eigenvalue weighted by Crippen LogP contribution is 2.31. The summed E-state index contributed by atoms with van der Waals surface area (Å²) in [6, 6.07) is 25.2. The minimum atomic E-state index is -0.0103. The molecule has 0 unspecified atom stereocenters. The number of hydrogen-bond acceptors (Lipinski definition) is 3. The minimum absolute atomic E-state index is 0.0103. The number of likely N-dealkylation sites (tertiary alicyclic amines) is 1. The first-order valence-electron chi connectivity index (χ1n) is 10.9. The summed E-state index contributed by atoms with van der Waals surface area (Å²) < 4.78 is 5.86. The number of rotatable bonds is 5. The van der Waals surface area contributed by atoms with E-state index in [1.54, 1.807) is 0 Å². The molecule has 31 heavy (non-hydrogen) atoms. The molecule has 0 saturated carbocycles. The Hall–Kier alpha value is -3.44. The molecule has 1 amide bonds. The molecule has 1 saturated heterocycles. The van der Waals surface area contributed by atoms with Gasteiger partial charge in [-0.25, -0.2) is 4.99 Å². The fourth-order valence-corrected chi connectivity index (χ4v) is 4.30. The van der Waals surface area contributed by atoms with Gasteiger partial charge < -0.3 is 9.64 Å². The van der Waals surface area contributed by atoms with E-state index >= 15 is 0 Å². The number of benzene rings is 3. The van der Waals surface area contributed by atoms with Gasteiger partial charge in [-0.3, -0.25) is 9.69 Å². The summed E-state index contributed by atoms with van der Waals surface area (Å²) in [5, 5.41) is 0. The number of para-hydroxylation sites is 2. The molecule has 0 aromatic heterocycles. The molecule has 5 rings (SSSR count). The number of carbonyl (C=O) groups is 1. The van der Waals surface area contributed by atoms with Gasteiger partial charge in [-0.15, -0.1) is 0 Å². The molecular formula is C26H26N3O2+. The summed E-state index contributed by atoms with van der Waals surface area (Å²) in [6.07, 6.45) is 3.76.